The van der Waals surface area contributed by atoms with E-state index in [9.17, 15) is 0 Å². The normalized spacial score (nSPS) is 10.1. The monoisotopic (exact) mass is 167 g/mol. The van der Waals surface area contributed by atoms with E-state index in [2.05, 4.69) is 10.3 Å². The second kappa shape index (κ2) is 4.69. The van der Waals surface area contributed by atoms with Gasteiger partial charge in [0, 0.05) is 25.5 Å². The van der Waals surface area contributed by atoms with Crippen LogP contribution in [0.4, 0.5) is 5.69 Å². The van der Waals surface area contributed by atoms with E-state index in [0.29, 0.717) is 18.8 Å². The Bertz CT molecular complexity index is 239. The summed E-state index contributed by atoms with van der Waals surface area (Å²) < 4.78 is 0. The zero-order valence-electron chi connectivity index (χ0n) is 6.83. The summed E-state index contributed by atoms with van der Waals surface area (Å²) in [5.74, 6) is 0. The number of pyridine rings is 1. The van der Waals surface area contributed by atoms with Gasteiger partial charge in [-0.15, -0.1) is 0 Å². The van der Waals surface area contributed by atoms with Gasteiger partial charge in [0.15, 0.2) is 0 Å². The highest BCUT2D eigenvalue weighted by atomic mass is 16.3. The number of hydrogen-bond acceptors (Lipinski definition) is 4. The second-order valence-corrected chi connectivity index (χ2v) is 2.53. The van der Waals surface area contributed by atoms with Gasteiger partial charge in [0.2, 0.25) is 0 Å². The van der Waals surface area contributed by atoms with Crippen molar-refractivity contribution >= 4 is 5.69 Å². The van der Waals surface area contributed by atoms with Gasteiger partial charge in [-0.25, -0.2) is 0 Å². The summed E-state index contributed by atoms with van der Waals surface area (Å²) in [7, 11) is 0. The molecule has 0 saturated carbocycles. The third-order valence-electron chi connectivity index (χ3n) is 1.43. The third-order valence-corrected chi connectivity index (χ3v) is 1.43. The summed E-state index contributed by atoms with van der Waals surface area (Å²) in [5.41, 5.74) is 7.22. The van der Waals surface area contributed by atoms with Crippen LogP contribution >= 0.6 is 0 Å². The molecule has 4 N–H and O–H groups in total. The molecule has 4 nitrogen and oxygen atoms in total. The van der Waals surface area contributed by atoms with Crippen LogP contribution in [-0.4, -0.2) is 23.2 Å². The lowest BCUT2D eigenvalue weighted by molar-refractivity contribution is 0.292. The Morgan fingerprint density at radius 2 is 2.33 bits per heavy atom. The van der Waals surface area contributed by atoms with Crippen LogP contribution in [0.3, 0.4) is 0 Å². The van der Waals surface area contributed by atoms with E-state index in [0.717, 1.165) is 5.56 Å². The van der Waals surface area contributed by atoms with Gasteiger partial charge in [-0.3, -0.25) is 4.98 Å². The number of aliphatic hydroxyl groups excluding tert-OH is 1. The molecule has 0 spiro atoms. The molecule has 0 bridgehead atoms. The van der Waals surface area contributed by atoms with Crippen molar-refractivity contribution in [3.05, 3.63) is 24.0 Å². The molecule has 0 amide bonds. The molecule has 0 aliphatic heterocycles. The van der Waals surface area contributed by atoms with Gasteiger partial charge in [0.05, 0.1) is 12.3 Å². The van der Waals surface area contributed by atoms with Crippen LogP contribution in [0.1, 0.15) is 5.56 Å². The first kappa shape index (κ1) is 8.96. The molecular formula is C8H13N3O. The first-order valence-corrected chi connectivity index (χ1v) is 3.84. The number of nitrogens with one attached hydrogen (secondary N) is 1. The molecule has 0 unspecified atom stereocenters. The Morgan fingerprint density at radius 1 is 1.50 bits per heavy atom. The number of rotatable bonds is 4. The summed E-state index contributed by atoms with van der Waals surface area (Å²) in [5, 5.41) is 11.5. The van der Waals surface area contributed by atoms with Crippen LogP contribution in [0, 0.1) is 0 Å². The maximum atomic E-state index is 8.50. The van der Waals surface area contributed by atoms with E-state index < -0.39 is 0 Å². The molecule has 1 aromatic heterocycles. The van der Waals surface area contributed by atoms with Crippen molar-refractivity contribution in [2.24, 2.45) is 0 Å². The van der Waals surface area contributed by atoms with E-state index in [1.807, 2.05) is 6.07 Å². The highest BCUT2D eigenvalue weighted by Gasteiger charge is 1.92. The molecule has 0 saturated heterocycles. The van der Waals surface area contributed by atoms with Crippen molar-refractivity contribution in [2.75, 3.05) is 18.9 Å². The minimum absolute atomic E-state index is 0.149. The quantitative estimate of drug-likeness (QED) is 0.540. The molecule has 0 fully saturated rings. The molecule has 12 heavy (non-hydrogen) atoms. The third kappa shape index (κ3) is 2.86. The summed E-state index contributed by atoms with van der Waals surface area (Å²) >= 11 is 0. The first-order chi connectivity index (χ1) is 5.83. The number of nitrogen functional groups attached to an aromatic ring is 1. The Labute approximate surface area is 71.4 Å². The van der Waals surface area contributed by atoms with Crippen LogP contribution in [-0.2, 0) is 6.54 Å². The predicted molar refractivity (Wildman–Crippen MR) is 47.4 cm³/mol. The zero-order chi connectivity index (χ0) is 8.81. The van der Waals surface area contributed by atoms with E-state index >= 15 is 0 Å². The predicted octanol–water partition coefficient (Wildman–Crippen LogP) is -0.254. The molecule has 1 heterocycles. The van der Waals surface area contributed by atoms with Crippen LogP contribution in [0.2, 0.25) is 0 Å². The van der Waals surface area contributed by atoms with Crippen molar-refractivity contribution in [1.82, 2.24) is 10.3 Å². The summed E-state index contributed by atoms with van der Waals surface area (Å²) in [6, 6.07) is 1.86. The largest absolute Gasteiger partial charge is 0.397 e. The number of aliphatic hydroxyl groups is 1. The Kier molecular flexibility index (Phi) is 3.50. The maximum absolute atomic E-state index is 8.50. The molecule has 0 aliphatic rings. The number of hydrogen-bond donors (Lipinski definition) is 3. The van der Waals surface area contributed by atoms with Crippen molar-refractivity contribution in [1.29, 1.82) is 0 Å². The fourth-order valence-corrected chi connectivity index (χ4v) is 0.916. The van der Waals surface area contributed by atoms with Crippen LogP contribution < -0.4 is 11.1 Å². The maximum Gasteiger partial charge on any atom is 0.0556 e. The lowest BCUT2D eigenvalue weighted by atomic mass is 10.2. The zero-order valence-corrected chi connectivity index (χ0v) is 6.83. The fourth-order valence-electron chi connectivity index (χ4n) is 0.916. The fraction of sp³-hybridized carbons (Fsp3) is 0.375. The highest BCUT2D eigenvalue weighted by molar-refractivity contribution is 5.36. The number of nitrogens with zero attached hydrogens (tertiary/aromatic N) is 1. The molecule has 66 valence electrons. The molecule has 0 aliphatic carbocycles. The van der Waals surface area contributed by atoms with Crippen molar-refractivity contribution in [2.45, 2.75) is 6.54 Å². The summed E-state index contributed by atoms with van der Waals surface area (Å²) in [6.07, 6.45) is 3.36. The number of aromatic nitrogens is 1. The Hall–Kier alpha value is -1.13. The molecule has 0 aromatic carbocycles. The smallest absolute Gasteiger partial charge is 0.0556 e. The van der Waals surface area contributed by atoms with Crippen molar-refractivity contribution in [3.63, 3.8) is 0 Å². The van der Waals surface area contributed by atoms with Gasteiger partial charge in [-0.2, -0.15) is 0 Å². The van der Waals surface area contributed by atoms with Gasteiger partial charge in [-0.1, -0.05) is 0 Å². The Morgan fingerprint density at radius 3 is 3.00 bits per heavy atom. The summed E-state index contributed by atoms with van der Waals surface area (Å²) in [4.78, 5) is 3.94. The van der Waals surface area contributed by atoms with Crippen LogP contribution in [0.25, 0.3) is 0 Å². The molecule has 4 heteroatoms. The minimum atomic E-state index is 0.149. The number of anilines is 1. The van der Waals surface area contributed by atoms with Crippen LogP contribution in [0.15, 0.2) is 18.5 Å². The summed E-state index contributed by atoms with van der Waals surface area (Å²) in [6.45, 7) is 1.43. The van der Waals surface area contributed by atoms with Gasteiger partial charge >= 0.3 is 0 Å². The van der Waals surface area contributed by atoms with Gasteiger partial charge in [0.25, 0.3) is 0 Å². The second-order valence-electron chi connectivity index (χ2n) is 2.53. The lowest BCUT2D eigenvalue weighted by Gasteiger charge is -2.02. The van der Waals surface area contributed by atoms with E-state index in [4.69, 9.17) is 10.8 Å². The minimum Gasteiger partial charge on any atom is -0.397 e. The van der Waals surface area contributed by atoms with Gasteiger partial charge < -0.3 is 16.2 Å². The first-order valence-electron chi connectivity index (χ1n) is 3.84. The molecule has 0 radical (unpaired) electrons. The van der Waals surface area contributed by atoms with Crippen molar-refractivity contribution < 1.29 is 5.11 Å². The molecule has 0 atom stereocenters. The van der Waals surface area contributed by atoms with Gasteiger partial charge in [0.1, 0.15) is 0 Å². The Balaban J connectivity index is 2.41. The SMILES string of the molecule is Nc1cncc(CNCCO)c1. The van der Waals surface area contributed by atoms with Crippen LogP contribution in [0.5, 0.6) is 0 Å². The standard InChI is InChI=1S/C8H13N3O/c9-8-3-7(5-11-6-8)4-10-1-2-12/h3,5-6,10,12H,1-2,4,9H2. The average Bonchev–Trinajstić information content (AvgIpc) is 2.05. The van der Waals surface area contributed by atoms with E-state index in [-0.39, 0.29) is 6.61 Å². The topological polar surface area (TPSA) is 71.2 Å². The number of nitrogens with two attached hydrogens (primary N) is 1. The highest BCUT2D eigenvalue weighted by Crippen LogP contribution is 2.02. The lowest BCUT2D eigenvalue weighted by Crippen LogP contribution is -2.17. The van der Waals surface area contributed by atoms with E-state index in [1.165, 1.54) is 0 Å². The average molecular weight is 167 g/mol. The molecule has 1 aromatic rings. The van der Waals surface area contributed by atoms with E-state index in [1.54, 1.807) is 12.4 Å². The molecule has 1 rings (SSSR count). The molecular weight excluding hydrogens is 154 g/mol. The van der Waals surface area contributed by atoms with Gasteiger partial charge in [-0.05, 0) is 11.6 Å². The van der Waals surface area contributed by atoms with Crippen molar-refractivity contribution in [3.8, 4) is 0 Å².